The summed E-state index contributed by atoms with van der Waals surface area (Å²) >= 11 is 0. The van der Waals surface area contributed by atoms with Gasteiger partial charge in [0, 0.05) is 13.1 Å². The number of aliphatic hydroxyl groups is 1. The van der Waals surface area contributed by atoms with Crippen LogP contribution >= 0.6 is 0 Å². The van der Waals surface area contributed by atoms with Crippen molar-refractivity contribution in [1.29, 1.82) is 0 Å². The van der Waals surface area contributed by atoms with Crippen LogP contribution in [0.1, 0.15) is 65.2 Å². The molecule has 3 nitrogen and oxygen atoms in total. The Balaban J connectivity index is 1.64. The Bertz CT molecular complexity index is 659. The van der Waals surface area contributed by atoms with Crippen LogP contribution in [0.5, 0.6) is 0 Å². The number of hydrogen-bond donors (Lipinski definition) is 1. The molecule has 3 heteroatoms. The number of aliphatic hydroxyl groups excluding tert-OH is 1. The van der Waals surface area contributed by atoms with E-state index in [0.29, 0.717) is 23.2 Å². The summed E-state index contributed by atoms with van der Waals surface area (Å²) in [5.41, 5.74) is 0.886. The minimum atomic E-state index is -0.504. The van der Waals surface area contributed by atoms with Gasteiger partial charge in [-0.1, -0.05) is 26.8 Å². The van der Waals surface area contributed by atoms with Gasteiger partial charge in [-0.2, -0.15) is 0 Å². The van der Waals surface area contributed by atoms with Crippen molar-refractivity contribution in [3.05, 3.63) is 12.2 Å². The van der Waals surface area contributed by atoms with E-state index in [4.69, 9.17) is 0 Å². The van der Waals surface area contributed by atoms with Crippen LogP contribution in [-0.2, 0) is 4.79 Å². The minimum Gasteiger partial charge on any atom is -0.392 e. The van der Waals surface area contributed by atoms with Gasteiger partial charge in [-0.25, -0.2) is 0 Å². The van der Waals surface area contributed by atoms with E-state index in [2.05, 4.69) is 25.3 Å². The normalized spacial score (nSPS) is 53.3. The molecule has 1 saturated heterocycles. The molecule has 6 fully saturated rings. The van der Waals surface area contributed by atoms with Crippen LogP contribution in [0.3, 0.4) is 0 Å². The number of carbonyl (C=O) groups excluding carboxylic acids is 1. The average Bonchev–Trinajstić information content (AvgIpc) is 2.60. The van der Waals surface area contributed by atoms with Gasteiger partial charge < -0.3 is 10.0 Å². The number of fused-ring (bicyclic) bond motifs is 2. The Morgan fingerprint density at radius 1 is 1.19 bits per heavy atom. The maximum atomic E-state index is 13.4. The van der Waals surface area contributed by atoms with Gasteiger partial charge in [0.05, 0.1) is 11.5 Å². The zero-order valence-corrected chi connectivity index (χ0v) is 16.6. The van der Waals surface area contributed by atoms with Crippen LogP contribution < -0.4 is 0 Å². The smallest absolute Gasteiger partial charge is 0.167 e. The Morgan fingerprint density at radius 3 is 2.77 bits per heavy atom. The van der Waals surface area contributed by atoms with E-state index in [1.807, 2.05) is 0 Å². The Hall–Kier alpha value is -0.670. The molecule has 144 valence electrons. The van der Waals surface area contributed by atoms with Crippen molar-refractivity contribution in [1.82, 2.24) is 4.90 Å². The molecule has 0 aromatic rings. The van der Waals surface area contributed by atoms with Gasteiger partial charge in [0.15, 0.2) is 5.78 Å². The molecule has 1 aliphatic heterocycles. The number of ketones is 1. The Kier molecular flexibility index (Phi) is 3.65. The lowest BCUT2D eigenvalue weighted by Crippen LogP contribution is -2.73. The van der Waals surface area contributed by atoms with Crippen LogP contribution in [0, 0.1) is 34.0 Å². The fourth-order valence-electron chi connectivity index (χ4n) is 8.75. The van der Waals surface area contributed by atoms with Crippen molar-refractivity contribution in [2.75, 3.05) is 19.6 Å². The molecule has 0 amide bonds. The van der Waals surface area contributed by atoms with E-state index in [1.165, 1.54) is 38.8 Å². The molecular formula is C23H35NO2. The Labute approximate surface area is 158 Å². The largest absolute Gasteiger partial charge is 0.392 e. The van der Waals surface area contributed by atoms with Crippen LogP contribution in [0.2, 0.25) is 0 Å². The summed E-state index contributed by atoms with van der Waals surface area (Å²) in [4.78, 5) is 16.1. The number of likely N-dealkylation sites (tertiary alicyclic amines) is 1. The summed E-state index contributed by atoms with van der Waals surface area (Å²) in [5, 5.41) is 11.4. The molecular weight excluding hydrogens is 322 g/mol. The molecule has 6 rings (SSSR count). The van der Waals surface area contributed by atoms with Crippen molar-refractivity contribution in [3.63, 3.8) is 0 Å². The van der Waals surface area contributed by atoms with Gasteiger partial charge in [-0.05, 0) is 85.6 Å². The van der Waals surface area contributed by atoms with Gasteiger partial charge in [-0.3, -0.25) is 4.79 Å². The molecule has 1 N–H and O–H groups in total. The number of Topliss-reactive ketones (excluding diaryl/α,β-unsaturated/α-hetero) is 1. The molecule has 26 heavy (non-hydrogen) atoms. The topological polar surface area (TPSA) is 40.5 Å². The fourth-order valence-corrected chi connectivity index (χ4v) is 8.75. The van der Waals surface area contributed by atoms with Gasteiger partial charge in [0.2, 0.25) is 0 Å². The highest BCUT2D eigenvalue weighted by molar-refractivity contribution is 6.02. The second-order valence-electron chi connectivity index (χ2n) is 10.7. The third kappa shape index (κ3) is 1.90. The van der Waals surface area contributed by atoms with E-state index >= 15 is 0 Å². The SMILES string of the molecule is C=C1C(=O)[C@]23CC[C@H]1CC2[C@@]12CCC[C@@](C)(CN(CCC)C1)C2C[C@H]3O. The van der Waals surface area contributed by atoms with Crippen molar-refractivity contribution in [2.45, 2.75) is 71.3 Å². The lowest BCUT2D eigenvalue weighted by Gasteiger charge is -2.72. The summed E-state index contributed by atoms with van der Waals surface area (Å²) in [7, 11) is 0. The third-order valence-electron chi connectivity index (χ3n) is 9.57. The van der Waals surface area contributed by atoms with Crippen molar-refractivity contribution in [2.24, 2.45) is 34.0 Å². The summed E-state index contributed by atoms with van der Waals surface area (Å²) in [6.07, 6.45) is 8.52. The highest BCUT2D eigenvalue weighted by atomic mass is 16.3. The van der Waals surface area contributed by atoms with Gasteiger partial charge in [0.25, 0.3) is 0 Å². The first kappa shape index (κ1) is 17.4. The monoisotopic (exact) mass is 357 g/mol. The zero-order chi connectivity index (χ0) is 18.3. The standard InChI is InChI=1S/C23H35NO2/c1-4-10-24-13-21(3)7-5-8-22(14-24)17(21)12-19(25)23-9-6-16(11-18(22)23)15(2)20(23)26/h16-19,25H,2,4-14H2,1,3H3/t16-,17?,18?,19+,21-,22-,23+/m0/s1. The molecule has 0 aromatic carbocycles. The number of allylic oxidation sites excluding steroid dienone is 1. The number of carbonyl (C=O) groups is 1. The lowest BCUT2D eigenvalue weighted by atomic mass is 9.34. The second-order valence-corrected chi connectivity index (χ2v) is 10.7. The molecule has 7 atom stereocenters. The van der Waals surface area contributed by atoms with E-state index < -0.39 is 11.5 Å². The van der Waals surface area contributed by atoms with Crippen molar-refractivity contribution < 1.29 is 9.90 Å². The van der Waals surface area contributed by atoms with Crippen LogP contribution in [0.25, 0.3) is 0 Å². The third-order valence-corrected chi connectivity index (χ3v) is 9.57. The molecule has 2 unspecified atom stereocenters. The van der Waals surface area contributed by atoms with E-state index in [-0.39, 0.29) is 11.2 Å². The summed E-state index contributed by atoms with van der Waals surface area (Å²) in [5.74, 6) is 1.58. The minimum absolute atomic E-state index is 0.241. The number of rotatable bonds is 2. The van der Waals surface area contributed by atoms with Crippen LogP contribution in [-0.4, -0.2) is 41.5 Å². The van der Waals surface area contributed by atoms with Gasteiger partial charge in [0.1, 0.15) is 0 Å². The molecule has 4 bridgehead atoms. The Morgan fingerprint density at radius 2 is 2.00 bits per heavy atom. The molecule has 0 aromatic heterocycles. The first-order valence-corrected chi connectivity index (χ1v) is 11.0. The van der Waals surface area contributed by atoms with E-state index in [1.54, 1.807) is 0 Å². The first-order valence-electron chi connectivity index (χ1n) is 11.0. The molecule has 6 aliphatic rings. The molecule has 0 radical (unpaired) electrons. The zero-order valence-electron chi connectivity index (χ0n) is 16.6. The predicted octanol–water partition coefficient (Wildman–Crippen LogP) is 3.81. The molecule has 5 saturated carbocycles. The molecule has 1 heterocycles. The summed E-state index contributed by atoms with van der Waals surface area (Å²) < 4.78 is 0. The predicted molar refractivity (Wildman–Crippen MR) is 103 cm³/mol. The second kappa shape index (κ2) is 5.44. The van der Waals surface area contributed by atoms with Crippen LogP contribution in [0.4, 0.5) is 0 Å². The van der Waals surface area contributed by atoms with Crippen molar-refractivity contribution in [3.8, 4) is 0 Å². The summed E-state index contributed by atoms with van der Waals surface area (Å²) in [6.45, 7) is 12.5. The number of piperidine rings is 1. The highest BCUT2D eigenvalue weighted by Crippen LogP contribution is 2.72. The van der Waals surface area contributed by atoms with Gasteiger partial charge in [-0.15, -0.1) is 0 Å². The number of nitrogens with zero attached hydrogens (tertiary/aromatic N) is 1. The average molecular weight is 358 g/mol. The van der Waals surface area contributed by atoms with E-state index in [9.17, 15) is 9.90 Å². The maximum Gasteiger partial charge on any atom is 0.167 e. The van der Waals surface area contributed by atoms with Gasteiger partial charge >= 0.3 is 0 Å². The summed E-state index contributed by atoms with van der Waals surface area (Å²) in [6, 6.07) is 0. The first-order chi connectivity index (χ1) is 12.4. The lowest BCUT2D eigenvalue weighted by molar-refractivity contribution is -0.244. The quantitative estimate of drug-likeness (QED) is 0.764. The fraction of sp³-hybridized carbons (Fsp3) is 0.870. The number of hydrogen-bond acceptors (Lipinski definition) is 3. The van der Waals surface area contributed by atoms with Crippen LogP contribution in [0.15, 0.2) is 12.2 Å². The highest BCUT2D eigenvalue weighted by Gasteiger charge is 2.72. The molecule has 1 spiro atoms. The molecule has 5 aliphatic carbocycles. The van der Waals surface area contributed by atoms with E-state index in [0.717, 1.165) is 37.8 Å². The van der Waals surface area contributed by atoms with Crippen molar-refractivity contribution >= 4 is 5.78 Å². The maximum absolute atomic E-state index is 13.4.